The van der Waals surface area contributed by atoms with Crippen LogP contribution in [0.3, 0.4) is 0 Å². The van der Waals surface area contributed by atoms with Crippen LogP contribution in [0, 0.1) is 5.92 Å². The van der Waals surface area contributed by atoms with Gasteiger partial charge in [-0.25, -0.2) is 0 Å². The Bertz CT molecular complexity index is 566. The lowest BCUT2D eigenvalue weighted by Crippen LogP contribution is -2.30. The number of carbonyl (C=O) groups excluding carboxylic acids is 2. The van der Waals surface area contributed by atoms with Gasteiger partial charge in [-0.1, -0.05) is 31.7 Å². The molecule has 0 unspecified atom stereocenters. The summed E-state index contributed by atoms with van der Waals surface area (Å²) < 4.78 is 10.6. The Labute approximate surface area is 142 Å². The Balaban J connectivity index is 1.91. The molecule has 0 atom stereocenters. The number of primary amides is 1. The van der Waals surface area contributed by atoms with Crippen LogP contribution in [0.2, 0.25) is 0 Å². The highest BCUT2D eigenvalue weighted by molar-refractivity contribution is 5.78. The van der Waals surface area contributed by atoms with Crippen LogP contribution in [0.5, 0.6) is 11.5 Å². The van der Waals surface area contributed by atoms with Crippen LogP contribution in [-0.2, 0) is 16.1 Å². The Morgan fingerprint density at radius 1 is 1.17 bits per heavy atom. The molecule has 0 heterocycles. The molecule has 24 heavy (non-hydrogen) atoms. The molecule has 0 bridgehead atoms. The number of nitrogens with one attached hydrogen (secondary N) is 1. The average molecular weight is 334 g/mol. The third-order valence-corrected chi connectivity index (χ3v) is 4.29. The molecule has 0 spiro atoms. The van der Waals surface area contributed by atoms with E-state index in [9.17, 15) is 9.59 Å². The Morgan fingerprint density at radius 3 is 2.50 bits per heavy atom. The minimum atomic E-state index is -0.545. The molecule has 1 fully saturated rings. The molecule has 1 saturated carbocycles. The van der Waals surface area contributed by atoms with Gasteiger partial charge in [0.1, 0.15) is 0 Å². The topological polar surface area (TPSA) is 90.7 Å². The molecule has 6 nitrogen and oxygen atoms in total. The van der Waals surface area contributed by atoms with E-state index in [0.29, 0.717) is 18.0 Å². The molecule has 0 aliphatic heterocycles. The number of hydrogen-bond donors (Lipinski definition) is 2. The van der Waals surface area contributed by atoms with Gasteiger partial charge in [0.2, 0.25) is 5.91 Å². The molecule has 0 radical (unpaired) electrons. The summed E-state index contributed by atoms with van der Waals surface area (Å²) in [4.78, 5) is 23.1. The first-order chi connectivity index (χ1) is 11.6. The highest BCUT2D eigenvalue weighted by atomic mass is 16.5. The lowest BCUT2D eigenvalue weighted by molar-refractivity contribution is -0.125. The number of hydrogen-bond acceptors (Lipinski definition) is 4. The van der Waals surface area contributed by atoms with Gasteiger partial charge in [-0.2, -0.15) is 0 Å². The van der Waals surface area contributed by atoms with Crippen molar-refractivity contribution in [2.45, 2.75) is 45.1 Å². The van der Waals surface area contributed by atoms with Crippen LogP contribution in [0.15, 0.2) is 18.2 Å². The van der Waals surface area contributed by atoms with Crippen molar-refractivity contribution in [2.24, 2.45) is 11.7 Å². The number of rotatable bonds is 7. The van der Waals surface area contributed by atoms with Gasteiger partial charge in [0, 0.05) is 12.5 Å². The van der Waals surface area contributed by atoms with Crippen molar-refractivity contribution in [2.75, 3.05) is 13.7 Å². The van der Waals surface area contributed by atoms with Crippen molar-refractivity contribution >= 4 is 11.8 Å². The molecule has 1 aromatic carbocycles. The van der Waals surface area contributed by atoms with E-state index in [1.54, 1.807) is 12.1 Å². The van der Waals surface area contributed by atoms with Gasteiger partial charge >= 0.3 is 0 Å². The lowest BCUT2D eigenvalue weighted by Gasteiger charge is -2.15. The molecule has 1 aliphatic carbocycles. The van der Waals surface area contributed by atoms with Crippen molar-refractivity contribution in [3.8, 4) is 11.5 Å². The van der Waals surface area contributed by atoms with E-state index >= 15 is 0 Å². The van der Waals surface area contributed by atoms with E-state index in [1.807, 2.05) is 6.07 Å². The fourth-order valence-electron chi connectivity index (χ4n) is 2.97. The molecule has 3 N–H and O–H groups in total. The lowest BCUT2D eigenvalue weighted by atomic mass is 9.99. The van der Waals surface area contributed by atoms with Crippen LogP contribution in [0.4, 0.5) is 0 Å². The van der Waals surface area contributed by atoms with Gasteiger partial charge in [-0.3, -0.25) is 9.59 Å². The second-order valence-electron chi connectivity index (χ2n) is 6.15. The minimum absolute atomic E-state index is 0.130. The smallest absolute Gasteiger partial charge is 0.255 e. The third-order valence-electron chi connectivity index (χ3n) is 4.29. The summed E-state index contributed by atoms with van der Waals surface area (Å²) in [5.41, 5.74) is 5.99. The van der Waals surface area contributed by atoms with E-state index in [4.69, 9.17) is 15.2 Å². The fourth-order valence-corrected chi connectivity index (χ4v) is 2.97. The standard InChI is InChI=1S/C18H26N2O4/c1-23-16-10-13(8-9-15(16)24-12-17(19)21)11-20-18(22)14-6-4-2-3-5-7-14/h8-10,14H,2-7,11-12H2,1H3,(H2,19,21)(H,20,22). The summed E-state index contributed by atoms with van der Waals surface area (Å²) in [5.74, 6) is 0.682. The number of benzene rings is 1. The van der Waals surface area contributed by atoms with Gasteiger partial charge < -0.3 is 20.5 Å². The number of amides is 2. The molecule has 2 rings (SSSR count). The Morgan fingerprint density at radius 2 is 1.88 bits per heavy atom. The highest BCUT2D eigenvalue weighted by Gasteiger charge is 2.19. The summed E-state index contributed by atoms with van der Waals surface area (Å²) in [7, 11) is 1.53. The maximum atomic E-state index is 12.3. The number of carbonyl (C=O) groups is 2. The van der Waals surface area contributed by atoms with E-state index in [-0.39, 0.29) is 18.4 Å². The van der Waals surface area contributed by atoms with Crippen molar-refractivity contribution < 1.29 is 19.1 Å². The molecule has 0 aromatic heterocycles. The second-order valence-corrected chi connectivity index (χ2v) is 6.15. The van der Waals surface area contributed by atoms with E-state index in [1.165, 1.54) is 20.0 Å². The zero-order valence-corrected chi connectivity index (χ0v) is 14.2. The van der Waals surface area contributed by atoms with Crippen LogP contribution < -0.4 is 20.5 Å². The molecule has 2 amide bonds. The predicted octanol–water partition coefficient (Wildman–Crippen LogP) is 2.15. The Kier molecular flexibility index (Phi) is 6.90. The SMILES string of the molecule is COc1cc(CNC(=O)C2CCCCCC2)ccc1OCC(N)=O. The summed E-state index contributed by atoms with van der Waals surface area (Å²) in [6, 6.07) is 5.35. The Hall–Kier alpha value is -2.24. The van der Waals surface area contributed by atoms with E-state index in [0.717, 1.165) is 31.2 Å². The zero-order valence-electron chi connectivity index (χ0n) is 14.2. The van der Waals surface area contributed by atoms with Crippen LogP contribution >= 0.6 is 0 Å². The molecular weight excluding hydrogens is 308 g/mol. The normalized spacial score (nSPS) is 15.4. The first kappa shape index (κ1) is 18.1. The summed E-state index contributed by atoms with van der Waals surface area (Å²) in [6.07, 6.45) is 6.70. The predicted molar refractivity (Wildman–Crippen MR) is 90.7 cm³/mol. The van der Waals surface area contributed by atoms with Gasteiger partial charge in [-0.15, -0.1) is 0 Å². The first-order valence-corrected chi connectivity index (χ1v) is 8.46. The number of nitrogens with two attached hydrogens (primary N) is 1. The molecule has 1 aromatic rings. The molecule has 0 saturated heterocycles. The van der Waals surface area contributed by atoms with Crippen LogP contribution in [0.25, 0.3) is 0 Å². The summed E-state index contributed by atoms with van der Waals surface area (Å²) in [6.45, 7) is 0.246. The van der Waals surface area contributed by atoms with Crippen LogP contribution in [0.1, 0.15) is 44.1 Å². The maximum absolute atomic E-state index is 12.3. The van der Waals surface area contributed by atoms with Gasteiger partial charge in [0.15, 0.2) is 18.1 Å². The van der Waals surface area contributed by atoms with Gasteiger partial charge in [0.25, 0.3) is 5.91 Å². The van der Waals surface area contributed by atoms with Gasteiger partial charge in [0.05, 0.1) is 7.11 Å². The zero-order chi connectivity index (χ0) is 17.4. The third kappa shape index (κ3) is 5.44. The van der Waals surface area contributed by atoms with Crippen molar-refractivity contribution in [1.82, 2.24) is 5.32 Å². The quantitative estimate of drug-likeness (QED) is 0.748. The minimum Gasteiger partial charge on any atom is -0.493 e. The number of ether oxygens (including phenoxy) is 2. The highest BCUT2D eigenvalue weighted by Crippen LogP contribution is 2.28. The monoisotopic (exact) mass is 334 g/mol. The maximum Gasteiger partial charge on any atom is 0.255 e. The molecular formula is C18H26N2O4. The van der Waals surface area contributed by atoms with Crippen LogP contribution in [-0.4, -0.2) is 25.5 Å². The first-order valence-electron chi connectivity index (χ1n) is 8.46. The average Bonchev–Trinajstić information content (AvgIpc) is 2.87. The summed E-state index contributed by atoms with van der Waals surface area (Å²) in [5, 5.41) is 3.01. The largest absolute Gasteiger partial charge is 0.493 e. The number of methoxy groups -OCH3 is 1. The summed E-state index contributed by atoms with van der Waals surface area (Å²) >= 11 is 0. The van der Waals surface area contributed by atoms with Crippen molar-refractivity contribution in [3.05, 3.63) is 23.8 Å². The van der Waals surface area contributed by atoms with Crippen molar-refractivity contribution in [3.63, 3.8) is 0 Å². The molecule has 1 aliphatic rings. The van der Waals surface area contributed by atoms with Gasteiger partial charge in [-0.05, 0) is 30.5 Å². The molecule has 132 valence electrons. The molecule has 6 heteroatoms. The fraction of sp³-hybridized carbons (Fsp3) is 0.556. The van der Waals surface area contributed by atoms with E-state index in [2.05, 4.69) is 5.32 Å². The van der Waals surface area contributed by atoms with E-state index < -0.39 is 5.91 Å². The second kappa shape index (κ2) is 9.15. The van der Waals surface area contributed by atoms with Crippen molar-refractivity contribution in [1.29, 1.82) is 0 Å².